The molecule has 6 nitrogen and oxygen atoms in total. The van der Waals surface area contributed by atoms with Crippen LogP contribution in [0, 0.1) is 24.1 Å². The molecular weight excluding hydrogens is 373 g/mol. The van der Waals surface area contributed by atoms with Crippen molar-refractivity contribution >= 4 is 23.4 Å². The summed E-state index contributed by atoms with van der Waals surface area (Å²) in [4.78, 5) is 12.2. The average Bonchev–Trinajstić information content (AvgIpc) is 2.97. The molecule has 3 aromatic rings. The van der Waals surface area contributed by atoms with Gasteiger partial charge in [-0.3, -0.25) is 5.32 Å². The molecule has 1 N–H and O–H groups in total. The highest BCUT2D eigenvalue weighted by atomic mass is 35.5. The number of benzene rings is 2. The van der Waals surface area contributed by atoms with Gasteiger partial charge in [0.05, 0.1) is 23.1 Å². The van der Waals surface area contributed by atoms with Crippen LogP contribution in [0.2, 0.25) is 5.02 Å². The molecule has 0 saturated heterocycles. The molecule has 8 heteroatoms. The molecule has 136 valence electrons. The summed E-state index contributed by atoms with van der Waals surface area (Å²) in [6, 6.07) is 12.7. The Morgan fingerprint density at radius 2 is 2.07 bits per heavy atom. The highest BCUT2D eigenvalue weighted by molar-refractivity contribution is 6.33. The summed E-state index contributed by atoms with van der Waals surface area (Å²) < 4.78 is 24.5. The molecule has 1 heterocycles. The maximum absolute atomic E-state index is 14.2. The number of nitriles is 1. The van der Waals surface area contributed by atoms with Crippen LogP contribution in [0.3, 0.4) is 0 Å². The summed E-state index contributed by atoms with van der Waals surface area (Å²) in [7, 11) is 0. The fraction of sp³-hybridized carbons (Fsp3) is 0.105. The van der Waals surface area contributed by atoms with Gasteiger partial charge in [-0.1, -0.05) is 35.0 Å². The summed E-state index contributed by atoms with van der Waals surface area (Å²) in [5.74, 6) is -0.0419. The van der Waals surface area contributed by atoms with Gasteiger partial charge >= 0.3 is 6.09 Å². The van der Waals surface area contributed by atoms with E-state index >= 15 is 0 Å². The van der Waals surface area contributed by atoms with E-state index in [0.29, 0.717) is 0 Å². The maximum Gasteiger partial charge on any atom is 0.417 e. The first-order valence-electron chi connectivity index (χ1n) is 7.85. The van der Waals surface area contributed by atoms with E-state index in [1.807, 2.05) is 6.07 Å². The van der Waals surface area contributed by atoms with Gasteiger partial charge in [0.25, 0.3) is 0 Å². The van der Waals surface area contributed by atoms with Crippen LogP contribution in [0.1, 0.15) is 11.3 Å². The van der Waals surface area contributed by atoms with Gasteiger partial charge in [0.2, 0.25) is 0 Å². The third-order valence-electron chi connectivity index (χ3n) is 3.71. The molecule has 1 amide bonds. The third kappa shape index (κ3) is 4.07. The lowest BCUT2D eigenvalue weighted by atomic mass is 10.1. The summed E-state index contributed by atoms with van der Waals surface area (Å²) in [6.45, 7) is 1.57. The van der Waals surface area contributed by atoms with Crippen LogP contribution in [0.4, 0.5) is 14.9 Å². The van der Waals surface area contributed by atoms with Crippen molar-refractivity contribution in [1.29, 1.82) is 5.26 Å². The van der Waals surface area contributed by atoms with Crippen molar-refractivity contribution in [3.05, 3.63) is 64.6 Å². The Labute approximate surface area is 159 Å². The van der Waals surface area contributed by atoms with Gasteiger partial charge in [0.1, 0.15) is 22.9 Å². The molecule has 3 rings (SSSR count). The molecule has 0 spiro atoms. The fourth-order valence-electron chi connectivity index (χ4n) is 2.42. The van der Waals surface area contributed by atoms with Gasteiger partial charge in [-0.05, 0) is 36.8 Å². The largest absolute Gasteiger partial charge is 0.417 e. The molecule has 0 saturated carbocycles. The van der Waals surface area contributed by atoms with Crippen LogP contribution >= 0.6 is 11.6 Å². The molecule has 1 aromatic heterocycles. The SMILES string of the molecule is Cc1onc(-c2c(F)cccc2Cl)c1NC(=O)Oc1ccc(CC#N)cc1. The molecule has 0 radical (unpaired) electrons. The normalized spacial score (nSPS) is 10.3. The zero-order chi connectivity index (χ0) is 19.4. The van der Waals surface area contributed by atoms with Crippen molar-refractivity contribution in [3.8, 4) is 23.1 Å². The second kappa shape index (κ2) is 7.89. The molecule has 27 heavy (non-hydrogen) atoms. The fourth-order valence-corrected chi connectivity index (χ4v) is 2.67. The lowest BCUT2D eigenvalue weighted by Gasteiger charge is -2.08. The number of hydrogen-bond donors (Lipinski definition) is 1. The van der Waals surface area contributed by atoms with Crippen molar-refractivity contribution < 1.29 is 18.4 Å². The number of nitrogens with one attached hydrogen (secondary N) is 1. The maximum atomic E-state index is 14.2. The standard InChI is InChI=1S/C19H13ClFN3O3/c1-11-17(18(24-27-11)16-14(20)3-2-4-15(16)21)23-19(25)26-13-7-5-12(6-8-13)9-10-22/h2-8H,9H2,1H3,(H,23,25). The number of carbonyl (C=O) groups is 1. The quantitative estimate of drug-likeness (QED) is 0.673. The summed E-state index contributed by atoms with van der Waals surface area (Å²) in [5, 5.41) is 15.1. The van der Waals surface area contributed by atoms with E-state index in [0.717, 1.165) is 5.56 Å². The molecule has 0 fully saturated rings. The number of ether oxygens (including phenoxy) is 1. The van der Waals surface area contributed by atoms with Crippen LogP contribution in [0.25, 0.3) is 11.3 Å². The van der Waals surface area contributed by atoms with E-state index in [1.165, 1.54) is 18.2 Å². The van der Waals surface area contributed by atoms with E-state index in [2.05, 4.69) is 10.5 Å². The number of rotatable bonds is 4. The number of halogens is 2. The first-order valence-corrected chi connectivity index (χ1v) is 8.22. The Kier molecular flexibility index (Phi) is 5.38. The Balaban J connectivity index is 1.81. The minimum atomic E-state index is -0.803. The molecule has 0 bridgehead atoms. The second-order valence-electron chi connectivity index (χ2n) is 5.55. The summed E-state index contributed by atoms with van der Waals surface area (Å²) in [5.41, 5.74) is 1.05. The Bertz CT molecular complexity index is 1010. The summed E-state index contributed by atoms with van der Waals surface area (Å²) in [6.07, 6.45) is -0.540. The van der Waals surface area contributed by atoms with Crippen LogP contribution in [0.5, 0.6) is 5.75 Å². The van der Waals surface area contributed by atoms with E-state index in [-0.39, 0.29) is 39.9 Å². The highest BCUT2D eigenvalue weighted by Gasteiger charge is 2.22. The van der Waals surface area contributed by atoms with Gasteiger partial charge < -0.3 is 9.26 Å². The zero-order valence-electron chi connectivity index (χ0n) is 14.1. The Morgan fingerprint density at radius 3 is 2.74 bits per heavy atom. The van der Waals surface area contributed by atoms with Crippen LogP contribution in [-0.2, 0) is 6.42 Å². The predicted molar refractivity (Wildman–Crippen MR) is 97.0 cm³/mol. The molecule has 0 aliphatic heterocycles. The van der Waals surface area contributed by atoms with E-state index in [4.69, 9.17) is 26.1 Å². The number of nitrogens with zero attached hydrogens (tertiary/aromatic N) is 2. The lowest BCUT2D eigenvalue weighted by Crippen LogP contribution is -2.17. The predicted octanol–water partition coefficient (Wildman–Crippen LogP) is 5.12. The zero-order valence-corrected chi connectivity index (χ0v) is 14.9. The van der Waals surface area contributed by atoms with Crippen molar-refractivity contribution in [2.24, 2.45) is 0 Å². The van der Waals surface area contributed by atoms with Gasteiger partial charge in [-0.2, -0.15) is 5.26 Å². The van der Waals surface area contributed by atoms with Gasteiger partial charge in [0.15, 0.2) is 5.76 Å². The number of anilines is 1. The number of amides is 1. The first kappa shape index (κ1) is 18.4. The van der Waals surface area contributed by atoms with Crippen molar-refractivity contribution in [2.75, 3.05) is 5.32 Å². The first-order chi connectivity index (χ1) is 13.0. The molecule has 0 aliphatic carbocycles. The van der Waals surface area contributed by atoms with E-state index in [1.54, 1.807) is 31.2 Å². The van der Waals surface area contributed by atoms with Gasteiger partial charge in [-0.15, -0.1) is 0 Å². The third-order valence-corrected chi connectivity index (χ3v) is 4.02. The minimum absolute atomic E-state index is 0.0205. The number of hydrogen-bond acceptors (Lipinski definition) is 5. The van der Waals surface area contributed by atoms with Gasteiger partial charge in [-0.25, -0.2) is 9.18 Å². The molecule has 0 atom stereocenters. The molecular formula is C19H13ClFN3O3. The van der Waals surface area contributed by atoms with Crippen molar-refractivity contribution in [1.82, 2.24) is 5.16 Å². The average molecular weight is 386 g/mol. The van der Waals surface area contributed by atoms with Crippen molar-refractivity contribution in [2.45, 2.75) is 13.3 Å². The molecule has 0 unspecified atom stereocenters. The highest BCUT2D eigenvalue weighted by Crippen LogP contribution is 2.36. The Hall–Kier alpha value is -3.37. The number of aromatic nitrogens is 1. The lowest BCUT2D eigenvalue weighted by molar-refractivity contribution is 0.215. The topological polar surface area (TPSA) is 88.2 Å². The summed E-state index contributed by atoms with van der Waals surface area (Å²) >= 11 is 6.06. The molecule has 0 aliphatic rings. The van der Waals surface area contributed by atoms with E-state index in [9.17, 15) is 9.18 Å². The van der Waals surface area contributed by atoms with Gasteiger partial charge in [0, 0.05) is 0 Å². The van der Waals surface area contributed by atoms with Crippen LogP contribution < -0.4 is 10.1 Å². The van der Waals surface area contributed by atoms with Crippen LogP contribution in [-0.4, -0.2) is 11.2 Å². The van der Waals surface area contributed by atoms with Crippen LogP contribution in [0.15, 0.2) is 47.0 Å². The Morgan fingerprint density at radius 1 is 1.33 bits per heavy atom. The second-order valence-corrected chi connectivity index (χ2v) is 5.96. The number of carbonyl (C=O) groups excluding carboxylic acids is 1. The molecule has 2 aromatic carbocycles. The monoisotopic (exact) mass is 385 g/mol. The van der Waals surface area contributed by atoms with E-state index < -0.39 is 11.9 Å². The minimum Gasteiger partial charge on any atom is -0.410 e. The number of aryl methyl sites for hydroxylation is 1. The smallest absolute Gasteiger partial charge is 0.410 e. The van der Waals surface area contributed by atoms with Crippen molar-refractivity contribution in [3.63, 3.8) is 0 Å².